The first kappa shape index (κ1) is 16.1. The number of hydrogen-bond acceptors (Lipinski definition) is 5. The highest BCUT2D eigenvalue weighted by Gasteiger charge is 2.29. The Morgan fingerprint density at radius 2 is 2.04 bits per heavy atom. The van der Waals surface area contributed by atoms with E-state index in [0.717, 1.165) is 47.4 Å². The van der Waals surface area contributed by atoms with Gasteiger partial charge in [0.25, 0.3) is 0 Å². The average Bonchev–Trinajstić information content (AvgIpc) is 3.17. The summed E-state index contributed by atoms with van der Waals surface area (Å²) in [5.41, 5.74) is 4.49. The summed E-state index contributed by atoms with van der Waals surface area (Å²) in [6.07, 6.45) is 2.16. The van der Waals surface area contributed by atoms with E-state index in [1.165, 1.54) is 5.56 Å². The fraction of sp³-hybridized carbons (Fsp3) is 0.400. The van der Waals surface area contributed by atoms with Crippen molar-refractivity contribution in [1.82, 2.24) is 10.1 Å². The van der Waals surface area contributed by atoms with Gasteiger partial charge in [-0.2, -0.15) is 0 Å². The van der Waals surface area contributed by atoms with Gasteiger partial charge in [-0.05, 0) is 62.9 Å². The zero-order valence-electron chi connectivity index (χ0n) is 14.8. The summed E-state index contributed by atoms with van der Waals surface area (Å²) in [5, 5.41) is 5.05. The van der Waals surface area contributed by atoms with Gasteiger partial charge in [0.1, 0.15) is 5.58 Å². The van der Waals surface area contributed by atoms with E-state index in [1.807, 2.05) is 26.0 Å². The molecule has 3 heterocycles. The molecular weight excluding hydrogens is 316 g/mol. The molecule has 130 valence electrons. The fourth-order valence-electron chi connectivity index (χ4n) is 3.91. The van der Waals surface area contributed by atoms with E-state index in [-0.39, 0.29) is 11.7 Å². The van der Waals surface area contributed by atoms with E-state index in [0.29, 0.717) is 12.1 Å². The molecule has 0 radical (unpaired) electrons. The van der Waals surface area contributed by atoms with Crippen molar-refractivity contribution < 1.29 is 8.94 Å². The smallest absolute Gasteiger partial charge is 0.336 e. The third-order valence-corrected chi connectivity index (χ3v) is 4.97. The van der Waals surface area contributed by atoms with Crippen LogP contribution >= 0.6 is 0 Å². The Labute approximate surface area is 146 Å². The summed E-state index contributed by atoms with van der Waals surface area (Å²) in [6, 6.07) is 8.00. The zero-order valence-corrected chi connectivity index (χ0v) is 14.8. The summed E-state index contributed by atoms with van der Waals surface area (Å²) < 4.78 is 11.0. The molecule has 5 nitrogen and oxygen atoms in total. The van der Waals surface area contributed by atoms with Crippen molar-refractivity contribution in [3.63, 3.8) is 0 Å². The van der Waals surface area contributed by atoms with Gasteiger partial charge in [0.2, 0.25) is 0 Å². The van der Waals surface area contributed by atoms with Gasteiger partial charge in [0.05, 0.1) is 11.7 Å². The van der Waals surface area contributed by atoms with Gasteiger partial charge in [-0.15, -0.1) is 0 Å². The van der Waals surface area contributed by atoms with Gasteiger partial charge in [-0.25, -0.2) is 4.79 Å². The Morgan fingerprint density at radius 1 is 1.20 bits per heavy atom. The predicted octanol–water partition coefficient (Wildman–Crippen LogP) is 4.04. The van der Waals surface area contributed by atoms with Crippen LogP contribution in [-0.2, 0) is 6.54 Å². The second-order valence-electron chi connectivity index (χ2n) is 7.05. The van der Waals surface area contributed by atoms with Crippen molar-refractivity contribution in [3.8, 4) is 0 Å². The Morgan fingerprint density at radius 3 is 2.80 bits per heavy atom. The highest BCUT2D eigenvalue weighted by Crippen LogP contribution is 2.34. The quantitative estimate of drug-likeness (QED) is 0.675. The van der Waals surface area contributed by atoms with Crippen molar-refractivity contribution in [3.05, 3.63) is 62.8 Å². The van der Waals surface area contributed by atoms with E-state index >= 15 is 0 Å². The summed E-state index contributed by atoms with van der Waals surface area (Å²) >= 11 is 0. The lowest BCUT2D eigenvalue weighted by molar-refractivity contribution is 0.207. The number of rotatable bonds is 3. The van der Waals surface area contributed by atoms with Crippen molar-refractivity contribution in [2.45, 2.75) is 46.2 Å². The number of likely N-dealkylation sites (tertiary alicyclic amines) is 1. The highest BCUT2D eigenvalue weighted by atomic mass is 16.5. The molecule has 4 rings (SSSR count). The summed E-state index contributed by atoms with van der Waals surface area (Å²) in [5.74, 6) is 0.912. The highest BCUT2D eigenvalue weighted by molar-refractivity contribution is 5.83. The van der Waals surface area contributed by atoms with E-state index in [4.69, 9.17) is 8.94 Å². The Hall–Kier alpha value is -2.40. The molecule has 1 aromatic carbocycles. The minimum absolute atomic E-state index is 0.217. The molecule has 1 aliphatic heterocycles. The van der Waals surface area contributed by atoms with Gasteiger partial charge < -0.3 is 8.94 Å². The minimum Gasteiger partial charge on any atom is -0.422 e. The molecule has 0 aliphatic carbocycles. The standard InChI is InChI=1S/C20H22N2O3/c1-12-7-13(2)20-16(8-12)15(10-19(23)24-20)11-22-6-4-5-17(22)18-9-14(3)21-25-18/h7-10,17H,4-6,11H2,1-3H3. The maximum atomic E-state index is 12.1. The van der Waals surface area contributed by atoms with E-state index < -0.39 is 0 Å². The molecule has 2 aromatic heterocycles. The zero-order chi connectivity index (χ0) is 17.6. The lowest BCUT2D eigenvalue weighted by atomic mass is 10.0. The molecule has 3 aromatic rings. The third-order valence-electron chi connectivity index (χ3n) is 4.97. The van der Waals surface area contributed by atoms with Crippen LogP contribution in [0.15, 0.2) is 38.0 Å². The van der Waals surface area contributed by atoms with Gasteiger partial charge >= 0.3 is 5.63 Å². The SMILES string of the molecule is Cc1cc(C)c2oc(=O)cc(CN3CCCC3c3cc(C)no3)c2c1. The number of hydrogen-bond donors (Lipinski definition) is 0. The maximum Gasteiger partial charge on any atom is 0.336 e. The topological polar surface area (TPSA) is 59.5 Å². The largest absolute Gasteiger partial charge is 0.422 e. The van der Waals surface area contributed by atoms with Crippen molar-refractivity contribution in [2.24, 2.45) is 0 Å². The lowest BCUT2D eigenvalue weighted by Gasteiger charge is -2.23. The van der Waals surface area contributed by atoms with Crippen LogP contribution < -0.4 is 5.63 Å². The van der Waals surface area contributed by atoms with Gasteiger partial charge in [0.15, 0.2) is 5.76 Å². The number of benzene rings is 1. The molecule has 0 bridgehead atoms. The van der Waals surface area contributed by atoms with Crippen LogP contribution in [0.4, 0.5) is 0 Å². The minimum atomic E-state index is -0.291. The fourth-order valence-corrected chi connectivity index (χ4v) is 3.91. The van der Waals surface area contributed by atoms with Gasteiger partial charge in [0, 0.05) is 24.1 Å². The summed E-state index contributed by atoms with van der Waals surface area (Å²) in [4.78, 5) is 14.4. The van der Waals surface area contributed by atoms with E-state index in [9.17, 15) is 4.79 Å². The molecule has 1 aliphatic rings. The van der Waals surface area contributed by atoms with Crippen LogP contribution in [0.5, 0.6) is 0 Å². The molecule has 0 N–H and O–H groups in total. The van der Waals surface area contributed by atoms with Gasteiger partial charge in [-0.1, -0.05) is 11.2 Å². The molecule has 1 fully saturated rings. The van der Waals surface area contributed by atoms with Crippen LogP contribution in [-0.4, -0.2) is 16.6 Å². The molecule has 0 amide bonds. The lowest BCUT2D eigenvalue weighted by Crippen LogP contribution is -2.23. The number of aromatic nitrogens is 1. The molecule has 0 spiro atoms. The number of aryl methyl sites for hydroxylation is 3. The Balaban J connectivity index is 1.74. The normalized spacial score (nSPS) is 18.3. The van der Waals surface area contributed by atoms with E-state index in [2.05, 4.69) is 23.0 Å². The molecule has 25 heavy (non-hydrogen) atoms. The second-order valence-corrected chi connectivity index (χ2v) is 7.05. The van der Waals surface area contributed by atoms with Crippen molar-refractivity contribution >= 4 is 11.0 Å². The van der Waals surface area contributed by atoms with Crippen LogP contribution in [0.3, 0.4) is 0 Å². The molecule has 5 heteroatoms. The molecule has 1 unspecified atom stereocenters. The predicted molar refractivity (Wildman–Crippen MR) is 95.6 cm³/mol. The van der Waals surface area contributed by atoms with Gasteiger partial charge in [-0.3, -0.25) is 4.90 Å². The first-order valence-electron chi connectivity index (χ1n) is 8.72. The molecule has 1 atom stereocenters. The monoisotopic (exact) mass is 338 g/mol. The Bertz CT molecular complexity index is 986. The van der Waals surface area contributed by atoms with Crippen molar-refractivity contribution in [1.29, 1.82) is 0 Å². The van der Waals surface area contributed by atoms with Crippen LogP contribution in [0.2, 0.25) is 0 Å². The van der Waals surface area contributed by atoms with E-state index in [1.54, 1.807) is 6.07 Å². The summed E-state index contributed by atoms with van der Waals surface area (Å²) in [7, 11) is 0. The molecular formula is C20H22N2O3. The van der Waals surface area contributed by atoms with Crippen LogP contribution in [0.1, 0.15) is 47.0 Å². The molecule has 0 saturated carbocycles. The average molecular weight is 338 g/mol. The van der Waals surface area contributed by atoms with Crippen LogP contribution in [0.25, 0.3) is 11.0 Å². The number of fused-ring (bicyclic) bond motifs is 1. The maximum absolute atomic E-state index is 12.1. The number of nitrogens with zero attached hydrogens (tertiary/aromatic N) is 2. The first-order chi connectivity index (χ1) is 12.0. The van der Waals surface area contributed by atoms with Crippen LogP contribution in [0, 0.1) is 20.8 Å². The Kier molecular flexibility index (Phi) is 3.96. The van der Waals surface area contributed by atoms with Crippen molar-refractivity contribution in [2.75, 3.05) is 6.54 Å². The third kappa shape index (κ3) is 3.00. The summed E-state index contributed by atoms with van der Waals surface area (Å²) in [6.45, 7) is 7.68. The second kappa shape index (κ2) is 6.15. The molecule has 1 saturated heterocycles. The first-order valence-corrected chi connectivity index (χ1v) is 8.72.